The molecule has 4 aromatic rings. The molecule has 0 spiro atoms. The minimum absolute atomic E-state index is 0.260. The van der Waals surface area contributed by atoms with E-state index in [9.17, 15) is 4.79 Å². The molecule has 170 valence electrons. The molecular formula is C26H29N5O2. The Labute approximate surface area is 193 Å². The van der Waals surface area contributed by atoms with Crippen LogP contribution in [0, 0.1) is 0 Å². The molecule has 2 aromatic carbocycles. The fraction of sp³-hybridized carbons (Fsp3) is 0.269. The fourth-order valence-corrected chi connectivity index (χ4v) is 3.88. The standard InChI is InChI=1S/C26H29N5O2/c1-6-17-7-8-18(13-21(17)16(2)3)29-26-30-22-14-19(9-10-24(22)31(26)5)33-20-11-12-28-23(15-20)25(32)27-4/h7-16H,6H2,1-5H3,(H,27,32)(H,29,30). The van der Waals surface area contributed by atoms with Crippen molar-refractivity contribution >= 4 is 28.6 Å². The quantitative estimate of drug-likeness (QED) is 0.391. The number of hydrogen-bond donors (Lipinski definition) is 2. The molecule has 0 bridgehead atoms. The van der Waals surface area contributed by atoms with Gasteiger partial charge < -0.3 is 19.9 Å². The molecule has 0 unspecified atom stereocenters. The van der Waals surface area contributed by atoms with E-state index < -0.39 is 0 Å². The number of anilines is 2. The highest BCUT2D eigenvalue weighted by Gasteiger charge is 2.12. The predicted octanol–water partition coefficient (Wildman–Crippen LogP) is 5.55. The van der Waals surface area contributed by atoms with E-state index in [4.69, 9.17) is 9.72 Å². The third-order valence-electron chi connectivity index (χ3n) is 5.68. The van der Waals surface area contributed by atoms with Crippen LogP contribution >= 0.6 is 0 Å². The molecule has 7 heteroatoms. The Kier molecular flexibility index (Phi) is 6.31. The lowest BCUT2D eigenvalue weighted by Crippen LogP contribution is -2.18. The van der Waals surface area contributed by atoms with Gasteiger partial charge in [-0.2, -0.15) is 0 Å². The van der Waals surface area contributed by atoms with Gasteiger partial charge in [-0.05, 0) is 53.8 Å². The first kappa shape index (κ1) is 22.3. The number of benzene rings is 2. The van der Waals surface area contributed by atoms with Crippen molar-refractivity contribution in [3.05, 3.63) is 71.5 Å². The second-order valence-electron chi connectivity index (χ2n) is 8.25. The van der Waals surface area contributed by atoms with E-state index in [1.807, 2.05) is 29.8 Å². The van der Waals surface area contributed by atoms with Gasteiger partial charge in [0.25, 0.3) is 5.91 Å². The van der Waals surface area contributed by atoms with Gasteiger partial charge in [0, 0.05) is 38.1 Å². The number of carbonyl (C=O) groups excluding carboxylic acids is 1. The van der Waals surface area contributed by atoms with E-state index in [0.29, 0.717) is 23.1 Å². The second kappa shape index (κ2) is 9.32. The number of nitrogens with one attached hydrogen (secondary N) is 2. The molecule has 2 N–H and O–H groups in total. The van der Waals surface area contributed by atoms with Gasteiger partial charge in [0.2, 0.25) is 5.95 Å². The molecule has 33 heavy (non-hydrogen) atoms. The van der Waals surface area contributed by atoms with E-state index in [2.05, 4.69) is 54.6 Å². The Bertz CT molecular complexity index is 1310. The number of carbonyl (C=O) groups is 1. The minimum Gasteiger partial charge on any atom is -0.457 e. The summed E-state index contributed by atoms with van der Waals surface area (Å²) >= 11 is 0. The van der Waals surface area contributed by atoms with Gasteiger partial charge in [0.05, 0.1) is 11.0 Å². The summed E-state index contributed by atoms with van der Waals surface area (Å²) in [5.41, 5.74) is 5.84. The lowest BCUT2D eigenvalue weighted by Gasteiger charge is -2.14. The molecule has 0 aliphatic carbocycles. The number of imidazole rings is 1. The lowest BCUT2D eigenvalue weighted by atomic mass is 9.95. The van der Waals surface area contributed by atoms with Crippen molar-refractivity contribution in [1.29, 1.82) is 0 Å². The molecule has 2 aromatic heterocycles. The molecule has 7 nitrogen and oxygen atoms in total. The number of aromatic nitrogens is 3. The van der Waals surface area contributed by atoms with Gasteiger partial charge >= 0.3 is 0 Å². The van der Waals surface area contributed by atoms with Crippen molar-refractivity contribution in [1.82, 2.24) is 19.9 Å². The van der Waals surface area contributed by atoms with Crippen LogP contribution in [0.1, 0.15) is 48.3 Å². The topological polar surface area (TPSA) is 81.1 Å². The van der Waals surface area contributed by atoms with Crippen LogP contribution in [0.3, 0.4) is 0 Å². The predicted molar refractivity (Wildman–Crippen MR) is 132 cm³/mol. The number of fused-ring (bicyclic) bond motifs is 1. The van der Waals surface area contributed by atoms with Crippen LogP contribution in [0.25, 0.3) is 11.0 Å². The number of nitrogens with zero attached hydrogens (tertiary/aromatic N) is 3. The number of rotatable bonds is 7. The van der Waals surface area contributed by atoms with E-state index in [-0.39, 0.29) is 5.91 Å². The number of pyridine rings is 1. The Hall–Kier alpha value is -3.87. The number of amides is 1. The van der Waals surface area contributed by atoms with E-state index in [1.54, 1.807) is 25.4 Å². The summed E-state index contributed by atoms with van der Waals surface area (Å²) in [6.07, 6.45) is 2.57. The first-order chi connectivity index (χ1) is 15.9. The molecule has 0 saturated carbocycles. The van der Waals surface area contributed by atoms with E-state index in [0.717, 1.165) is 29.1 Å². The minimum atomic E-state index is -0.260. The monoisotopic (exact) mass is 443 g/mol. The number of aryl methyl sites for hydroxylation is 2. The Balaban J connectivity index is 1.60. The Morgan fingerprint density at radius 3 is 2.61 bits per heavy atom. The molecule has 0 radical (unpaired) electrons. The highest BCUT2D eigenvalue weighted by molar-refractivity contribution is 5.92. The van der Waals surface area contributed by atoms with E-state index in [1.165, 1.54) is 11.1 Å². The van der Waals surface area contributed by atoms with Crippen LogP contribution in [-0.4, -0.2) is 27.5 Å². The first-order valence-electron chi connectivity index (χ1n) is 11.1. The summed E-state index contributed by atoms with van der Waals surface area (Å²) in [7, 11) is 3.56. The van der Waals surface area contributed by atoms with Crippen molar-refractivity contribution in [2.45, 2.75) is 33.1 Å². The summed E-state index contributed by atoms with van der Waals surface area (Å²) in [6.45, 7) is 6.62. The number of ether oxygens (including phenoxy) is 1. The van der Waals surface area contributed by atoms with Crippen LogP contribution in [0.5, 0.6) is 11.5 Å². The molecule has 0 aliphatic heterocycles. The molecular weight excluding hydrogens is 414 g/mol. The van der Waals surface area contributed by atoms with Crippen molar-refractivity contribution < 1.29 is 9.53 Å². The molecule has 0 atom stereocenters. The van der Waals surface area contributed by atoms with Gasteiger partial charge in [-0.25, -0.2) is 4.98 Å². The molecule has 2 heterocycles. The van der Waals surface area contributed by atoms with Crippen LogP contribution in [0.15, 0.2) is 54.7 Å². The first-order valence-corrected chi connectivity index (χ1v) is 11.1. The van der Waals surface area contributed by atoms with Crippen molar-refractivity contribution in [2.24, 2.45) is 7.05 Å². The van der Waals surface area contributed by atoms with Gasteiger partial charge in [-0.1, -0.05) is 26.8 Å². The molecule has 0 fully saturated rings. The van der Waals surface area contributed by atoms with Crippen LogP contribution in [-0.2, 0) is 13.5 Å². The van der Waals surface area contributed by atoms with Gasteiger partial charge in [0.1, 0.15) is 17.2 Å². The van der Waals surface area contributed by atoms with Gasteiger partial charge in [-0.3, -0.25) is 9.78 Å². The van der Waals surface area contributed by atoms with Crippen LogP contribution in [0.2, 0.25) is 0 Å². The summed E-state index contributed by atoms with van der Waals surface area (Å²) in [6, 6.07) is 15.6. The Morgan fingerprint density at radius 1 is 1.09 bits per heavy atom. The van der Waals surface area contributed by atoms with Gasteiger partial charge in [0.15, 0.2) is 0 Å². The maximum absolute atomic E-state index is 11.8. The highest BCUT2D eigenvalue weighted by Crippen LogP contribution is 2.30. The molecule has 4 rings (SSSR count). The SMILES string of the molecule is CCc1ccc(Nc2nc3cc(Oc4ccnc(C(=O)NC)c4)ccc3n2C)cc1C(C)C. The van der Waals surface area contributed by atoms with Crippen LogP contribution < -0.4 is 15.4 Å². The van der Waals surface area contributed by atoms with Crippen LogP contribution in [0.4, 0.5) is 11.6 Å². The van der Waals surface area contributed by atoms with Gasteiger partial charge in [-0.15, -0.1) is 0 Å². The zero-order chi connectivity index (χ0) is 23.5. The maximum Gasteiger partial charge on any atom is 0.269 e. The maximum atomic E-state index is 11.8. The van der Waals surface area contributed by atoms with Crippen molar-refractivity contribution in [3.8, 4) is 11.5 Å². The largest absolute Gasteiger partial charge is 0.457 e. The summed E-state index contributed by atoms with van der Waals surface area (Å²) in [5.74, 6) is 2.12. The third kappa shape index (κ3) is 4.67. The smallest absolute Gasteiger partial charge is 0.269 e. The molecule has 0 aliphatic rings. The molecule has 1 amide bonds. The number of hydrogen-bond acceptors (Lipinski definition) is 5. The van der Waals surface area contributed by atoms with E-state index >= 15 is 0 Å². The molecule has 0 saturated heterocycles. The van der Waals surface area contributed by atoms with Crippen molar-refractivity contribution in [2.75, 3.05) is 12.4 Å². The second-order valence-corrected chi connectivity index (χ2v) is 8.25. The zero-order valence-electron chi connectivity index (χ0n) is 19.6. The summed E-state index contributed by atoms with van der Waals surface area (Å²) in [4.78, 5) is 20.7. The summed E-state index contributed by atoms with van der Waals surface area (Å²) in [5, 5.41) is 6.03. The normalized spacial score (nSPS) is 11.1. The zero-order valence-corrected chi connectivity index (χ0v) is 19.6. The van der Waals surface area contributed by atoms with Crippen molar-refractivity contribution in [3.63, 3.8) is 0 Å². The summed E-state index contributed by atoms with van der Waals surface area (Å²) < 4.78 is 7.99. The highest BCUT2D eigenvalue weighted by atomic mass is 16.5. The fourth-order valence-electron chi connectivity index (χ4n) is 3.88. The average Bonchev–Trinajstić information content (AvgIpc) is 3.12. The Morgan fingerprint density at radius 2 is 1.88 bits per heavy atom. The lowest BCUT2D eigenvalue weighted by molar-refractivity contribution is 0.0958. The third-order valence-corrected chi connectivity index (χ3v) is 5.68. The average molecular weight is 444 g/mol.